The fourth-order valence-electron chi connectivity index (χ4n) is 4.56. The first-order valence-corrected chi connectivity index (χ1v) is 9.62. The van der Waals surface area contributed by atoms with Crippen LogP contribution >= 0.6 is 0 Å². The van der Waals surface area contributed by atoms with Crippen molar-refractivity contribution in [2.45, 2.75) is 51.0 Å². The number of likely N-dealkylation sites (tertiary alicyclic amines) is 2. The molecule has 1 unspecified atom stereocenters. The number of ether oxygens (including phenoxy) is 1. The summed E-state index contributed by atoms with van der Waals surface area (Å²) in [6.45, 7) is 6.98. The van der Waals surface area contributed by atoms with Gasteiger partial charge in [0.15, 0.2) is 0 Å². The molecule has 3 nitrogen and oxygen atoms in total. The second kappa shape index (κ2) is 7.23. The molecule has 0 spiro atoms. The fourth-order valence-corrected chi connectivity index (χ4v) is 4.56. The molecule has 1 aromatic carbocycles. The molecule has 3 aliphatic rings. The number of piperidine rings is 1. The van der Waals surface area contributed by atoms with Crippen molar-refractivity contribution in [2.24, 2.45) is 0 Å². The molecule has 2 fully saturated rings. The Hall–Kier alpha value is -1.06. The second-order valence-electron chi connectivity index (χ2n) is 7.41. The van der Waals surface area contributed by atoms with Crippen LogP contribution in [0, 0.1) is 0 Å². The molecule has 126 valence electrons. The van der Waals surface area contributed by atoms with Gasteiger partial charge in [0.05, 0.1) is 0 Å². The highest BCUT2D eigenvalue weighted by molar-refractivity contribution is 5.41. The van der Waals surface area contributed by atoms with Gasteiger partial charge in [-0.3, -0.25) is 9.80 Å². The van der Waals surface area contributed by atoms with Crippen LogP contribution in [0.5, 0.6) is 5.75 Å². The lowest BCUT2D eigenvalue weighted by Gasteiger charge is -2.26. The molecule has 1 aromatic rings. The van der Waals surface area contributed by atoms with Crippen LogP contribution in [0.1, 0.15) is 55.7 Å². The van der Waals surface area contributed by atoms with E-state index < -0.39 is 0 Å². The van der Waals surface area contributed by atoms with Crippen molar-refractivity contribution < 1.29 is 4.74 Å². The molecule has 1 aliphatic carbocycles. The zero-order valence-corrected chi connectivity index (χ0v) is 14.3. The third-order valence-corrected chi connectivity index (χ3v) is 5.87. The minimum atomic E-state index is 0.651. The van der Waals surface area contributed by atoms with Crippen molar-refractivity contribution >= 4 is 0 Å². The van der Waals surface area contributed by atoms with Gasteiger partial charge in [0.1, 0.15) is 12.4 Å². The minimum Gasteiger partial charge on any atom is -0.492 e. The average molecular weight is 314 g/mol. The van der Waals surface area contributed by atoms with Crippen LogP contribution in [-0.2, 0) is 6.42 Å². The average Bonchev–Trinajstić information content (AvgIpc) is 3.24. The topological polar surface area (TPSA) is 15.7 Å². The molecule has 4 rings (SSSR count). The van der Waals surface area contributed by atoms with Crippen LogP contribution in [0.2, 0.25) is 0 Å². The van der Waals surface area contributed by atoms with Crippen LogP contribution in [0.4, 0.5) is 0 Å². The summed E-state index contributed by atoms with van der Waals surface area (Å²) in [5.41, 5.74) is 3.09. The SMILES string of the molecule is c1cc2c(cc1OCCN1CCCCC1)C(N1CCCC1)CC2. The maximum atomic E-state index is 6.08. The molecular formula is C20H30N2O. The monoisotopic (exact) mass is 314 g/mol. The molecule has 0 amide bonds. The Balaban J connectivity index is 1.35. The number of hydrogen-bond donors (Lipinski definition) is 0. The molecule has 3 heteroatoms. The van der Waals surface area contributed by atoms with E-state index in [4.69, 9.17) is 4.74 Å². The second-order valence-corrected chi connectivity index (χ2v) is 7.41. The van der Waals surface area contributed by atoms with E-state index in [1.54, 1.807) is 11.1 Å². The molecule has 2 aliphatic heterocycles. The maximum Gasteiger partial charge on any atom is 0.119 e. The number of rotatable bonds is 5. The molecule has 0 radical (unpaired) electrons. The van der Waals surface area contributed by atoms with Gasteiger partial charge in [-0.25, -0.2) is 0 Å². The molecular weight excluding hydrogens is 284 g/mol. The van der Waals surface area contributed by atoms with Gasteiger partial charge in [-0.15, -0.1) is 0 Å². The largest absolute Gasteiger partial charge is 0.492 e. The lowest BCUT2D eigenvalue weighted by atomic mass is 10.1. The number of hydrogen-bond acceptors (Lipinski definition) is 3. The smallest absolute Gasteiger partial charge is 0.119 e. The van der Waals surface area contributed by atoms with E-state index in [-0.39, 0.29) is 0 Å². The third-order valence-electron chi connectivity index (χ3n) is 5.87. The molecule has 0 saturated carbocycles. The van der Waals surface area contributed by atoms with Gasteiger partial charge in [0.2, 0.25) is 0 Å². The van der Waals surface area contributed by atoms with Crippen molar-refractivity contribution in [3.05, 3.63) is 29.3 Å². The van der Waals surface area contributed by atoms with E-state index in [0.29, 0.717) is 6.04 Å². The van der Waals surface area contributed by atoms with E-state index in [0.717, 1.165) is 18.9 Å². The van der Waals surface area contributed by atoms with Crippen LogP contribution in [0.3, 0.4) is 0 Å². The van der Waals surface area contributed by atoms with E-state index in [2.05, 4.69) is 28.0 Å². The lowest BCUT2D eigenvalue weighted by Crippen LogP contribution is -2.33. The Morgan fingerprint density at radius 1 is 0.957 bits per heavy atom. The van der Waals surface area contributed by atoms with Crippen LogP contribution in [0.15, 0.2) is 18.2 Å². The van der Waals surface area contributed by atoms with Crippen LogP contribution < -0.4 is 4.74 Å². The van der Waals surface area contributed by atoms with Gasteiger partial charge in [0.25, 0.3) is 0 Å². The summed E-state index contributed by atoms with van der Waals surface area (Å²) in [6, 6.07) is 7.48. The highest BCUT2D eigenvalue weighted by atomic mass is 16.5. The van der Waals surface area contributed by atoms with Gasteiger partial charge in [-0.05, 0) is 88.0 Å². The summed E-state index contributed by atoms with van der Waals surface area (Å²) < 4.78 is 6.08. The van der Waals surface area contributed by atoms with Crippen LogP contribution in [-0.4, -0.2) is 49.1 Å². The van der Waals surface area contributed by atoms with Gasteiger partial charge >= 0.3 is 0 Å². The third kappa shape index (κ3) is 3.56. The van der Waals surface area contributed by atoms with E-state index in [1.165, 1.54) is 71.1 Å². The molecule has 2 heterocycles. The normalized spacial score (nSPS) is 25.7. The Bertz CT molecular complexity index is 518. The first-order valence-electron chi connectivity index (χ1n) is 9.62. The van der Waals surface area contributed by atoms with Gasteiger partial charge in [0, 0.05) is 12.6 Å². The quantitative estimate of drug-likeness (QED) is 0.825. The summed E-state index contributed by atoms with van der Waals surface area (Å²) in [7, 11) is 0. The Labute approximate surface area is 140 Å². The lowest BCUT2D eigenvalue weighted by molar-refractivity contribution is 0.183. The Morgan fingerprint density at radius 2 is 1.74 bits per heavy atom. The Kier molecular flexibility index (Phi) is 4.86. The summed E-state index contributed by atoms with van der Waals surface area (Å²) in [5.74, 6) is 1.08. The maximum absolute atomic E-state index is 6.08. The molecule has 0 aromatic heterocycles. The van der Waals surface area contributed by atoms with Crippen molar-refractivity contribution in [1.82, 2.24) is 9.80 Å². The van der Waals surface area contributed by atoms with E-state index in [9.17, 15) is 0 Å². The Morgan fingerprint density at radius 3 is 2.57 bits per heavy atom. The highest BCUT2D eigenvalue weighted by Gasteiger charge is 2.29. The van der Waals surface area contributed by atoms with Gasteiger partial charge in [-0.1, -0.05) is 12.5 Å². The number of nitrogens with zero attached hydrogens (tertiary/aromatic N) is 2. The molecule has 0 N–H and O–H groups in total. The number of benzene rings is 1. The molecule has 1 atom stereocenters. The summed E-state index contributed by atoms with van der Waals surface area (Å²) >= 11 is 0. The van der Waals surface area contributed by atoms with E-state index >= 15 is 0 Å². The predicted octanol–water partition coefficient (Wildman–Crippen LogP) is 3.63. The van der Waals surface area contributed by atoms with Crippen molar-refractivity contribution in [3.63, 3.8) is 0 Å². The van der Waals surface area contributed by atoms with Crippen molar-refractivity contribution in [2.75, 3.05) is 39.3 Å². The summed E-state index contributed by atoms with van der Waals surface area (Å²) in [6.07, 6.45) is 9.40. The zero-order valence-electron chi connectivity index (χ0n) is 14.3. The number of aryl methyl sites for hydroxylation is 1. The zero-order chi connectivity index (χ0) is 15.5. The van der Waals surface area contributed by atoms with Gasteiger partial charge < -0.3 is 4.74 Å². The predicted molar refractivity (Wildman–Crippen MR) is 94.1 cm³/mol. The molecule has 2 saturated heterocycles. The first-order chi connectivity index (χ1) is 11.4. The van der Waals surface area contributed by atoms with Gasteiger partial charge in [-0.2, -0.15) is 0 Å². The first kappa shape index (κ1) is 15.5. The number of fused-ring (bicyclic) bond motifs is 1. The molecule has 0 bridgehead atoms. The summed E-state index contributed by atoms with van der Waals surface area (Å²) in [5, 5.41) is 0. The van der Waals surface area contributed by atoms with Crippen molar-refractivity contribution in [1.29, 1.82) is 0 Å². The highest BCUT2D eigenvalue weighted by Crippen LogP contribution is 2.39. The van der Waals surface area contributed by atoms with E-state index in [1.807, 2.05) is 0 Å². The standard InChI is InChI=1S/C20H30N2O/c1-2-10-21(11-3-1)14-15-23-18-8-6-17-7-9-20(19(17)16-18)22-12-4-5-13-22/h6,8,16,20H,1-5,7,9-15H2. The van der Waals surface area contributed by atoms with Crippen LogP contribution in [0.25, 0.3) is 0 Å². The fraction of sp³-hybridized carbons (Fsp3) is 0.700. The van der Waals surface area contributed by atoms with Crippen molar-refractivity contribution in [3.8, 4) is 5.75 Å². The molecule has 23 heavy (non-hydrogen) atoms. The summed E-state index contributed by atoms with van der Waals surface area (Å²) in [4.78, 5) is 5.23. The minimum absolute atomic E-state index is 0.651.